The summed E-state index contributed by atoms with van der Waals surface area (Å²) in [6.07, 6.45) is 6.03. The van der Waals surface area contributed by atoms with E-state index in [1.165, 1.54) is 31.5 Å². The van der Waals surface area contributed by atoms with E-state index in [4.69, 9.17) is 11.6 Å². The number of piperidine rings is 1. The molecule has 0 aliphatic carbocycles. The molecule has 1 saturated heterocycles. The van der Waals surface area contributed by atoms with Crippen LogP contribution in [0.1, 0.15) is 32.6 Å². The number of rotatable bonds is 6. The molecule has 0 amide bonds. The zero-order chi connectivity index (χ0) is 15.3. The first-order chi connectivity index (χ1) is 10.0. The molecule has 1 aromatic rings. The molecule has 1 atom stereocenters. The lowest BCUT2D eigenvalue weighted by molar-refractivity contribution is 0.159. The molecule has 0 aromatic carbocycles. The third-order valence-electron chi connectivity index (χ3n) is 3.87. The van der Waals surface area contributed by atoms with Gasteiger partial charge in [-0.25, -0.2) is 18.1 Å². The fraction of sp³-hybridized carbons (Fsp3) is 0.643. The van der Waals surface area contributed by atoms with E-state index in [-0.39, 0.29) is 10.0 Å². The van der Waals surface area contributed by atoms with Crippen molar-refractivity contribution in [1.82, 2.24) is 14.6 Å². The highest BCUT2D eigenvalue weighted by Gasteiger charge is 2.19. The summed E-state index contributed by atoms with van der Waals surface area (Å²) in [4.78, 5) is 6.26. The summed E-state index contributed by atoms with van der Waals surface area (Å²) in [5.74, 6) is 0. The van der Waals surface area contributed by atoms with Crippen molar-refractivity contribution in [2.45, 2.75) is 43.5 Å². The quantitative estimate of drug-likeness (QED) is 0.641. The summed E-state index contributed by atoms with van der Waals surface area (Å²) < 4.78 is 26.8. The number of nitrogens with one attached hydrogen (secondary N) is 1. The average molecular weight is 332 g/mol. The Balaban J connectivity index is 1.81. The number of hydrogen-bond donors (Lipinski definition) is 1. The Morgan fingerprint density at radius 3 is 3.00 bits per heavy atom. The van der Waals surface area contributed by atoms with Crippen LogP contribution in [0.3, 0.4) is 0 Å². The van der Waals surface area contributed by atoms with Gasteiger partial charge in [0, 0.05) is 18.8 Å². The molecule has 1 N–H and O–H groups in total. The molecule has 2 rings (SSSR count). The van der Waals surface area contributed by atoms with E-state index in [1.807, 2.05) is 0 Å². The van der Waals surface area contributed by atoms with Gasteiger partial charge in [-0.15, -0.1) is 0 Å². The topological polar surface area (TPSA) is 62.3 Å². The van der Waals surface area contributed by atoms with Gasteiger partial charge < -0.3 is 4.90 Å². The minimum absolute atomic E-state index is 0.00894. The molecule has 1 aliphatic heterocycles. The van der Waals surface area contributed by atoms with E-state index in [1.54, 1.807) is 6.07 Å². The minimum Gasteiger partial charge on any atom is -0.301 e. The molecule has 118 valence electrons. The predicted molar refractivity (Wildman–Crippen MR) is 83.9 cm³/mol. The number of nitrogens with zero attached hydrogens (tertiary/aromatic N) is 2. The fourth-order valence-electron chi connectivity index (χ4n) is 2.63. The Labute approximate surface area is 131 Å². The highest BCUT2D eigenvalue weighted by atomic mass is 35.5. The Bertz CT molecular complexity index is 565. The van der Waals surface area contributed by atoms with Crippen molar-refractivity contribution in [2.75, 3.05) is 19.6 Å². The first kappa shape index (κ1) is 16.7. The van der Waals surface area contributed by atoms with Crippen LogP contribution < -0.4 is 4.72 Å². The molecule has 2 heterocycles. The highest BCUT2D eigenvalue weighted by Crippen LogP contribution is 2.18. The third kappa shape index (κ3) is 4.64. The summed E-state index contributed by atoms with van der Waals surface area (Å²) in [5, 5.41) is 0.00894. The van der Waals surface area contributed by atoms with Crippen LogP contribution in [0.15, 0.2) is 23.2 Å². The van der Waals surface area contributed by atoms with Gasteiger partial charge in [-0.05, 0) is 51.4 Å². The van der Waals surface area contributed by atoms with Crippen LogP contribution in [-0.2, 0) is 10.0 Å². The molecule has 1 unspecified atom stereocenters. The van der Waals surface area contributed by atoms with E-state index >= 15 is 0 Å². The lowest BCUT2D eigenvalue weighted by Gasteiger charge is -2.33. The molecule has 0 spiro atoms. The largest absolute Gasteiger partial charge is 0.301 e. The van der Waals surface area contributed by atoms with E-state index in [0.717, 1.165) is 19.5 Å². The third-order valence-corrected chi connectivity index (χ3v) is 5.78. The monoisotopic (exact) mass is 331 g/mol. The van der Waals surface area contributed by atoms with Gasteiger partial charge in [-0.3, -0.25) is 0 Å². The number of sulfonamides is 1. The van der Waals surface area contributed by atoms with Crippen molar-refractivity contribution in [3.8, 4) is 0 Å². The van der Waals surface area contributed by atoms with Crippen LogP contribution in [0, 0.1) is 0 Å². The summed E-state index contributed by atoms with van der Waals surface area (Å²) in [5.41, 5.74) is 0. The maximum atomic E-state index is 12.1. The van der Waals surface area contributed by atoms with Gasteiger partial charge in [0.15, 0.2) is 0 Å². The molecule has 1 fully saturated rings. The van der Waals surface area contributed by atoms with Gasteiger partial charge in [0.2, 0.25) is 10.0 Å². The van der Waals surface area contributed by atoms with Crippen LogP contribution in [0.2, 0.25) is 5.15 Å². The second kappa shape index (κ2) is 7.54. The Morgan fingerprint density at radius 1 is 1.48 bits per heavy atom. The molecule has 5 nitrogen and oxygen atoms in total. The van der Waals surface area contributed by atoms with Crippen LogP contribution >= 0.6 is 11.6 Å². The number of aromatic nitrogens is 1. The zero-order valence-corrected chi connectivity index (χ0v) is 13.8. The van der Waals surface area contributed by atoms with Crippen molar-refractivity contribution in [2.24, 2.45) is 0 Å². The number of hydrogen-bond acceptors (Lipinski definition) is 4. The lowest BCUT2D eigenvalue weighted by atomic mass is 10.0. The van der Waals surface area contributed by atoms with Gasteiger partial charge >= 0.3 is 0 Å². The van der Waals surface area contributed by atoms with Crippen molar-refractivity contribution in [3.05, 3.63) is 23.5 Å². The van der Waals surface area contributed by atoms with E-state index < -0.39 is 10.0 Å². The van der Waals surface area contributed by atoms with Crippen molar-refractivity contribution in [1.29, 1.82) is 0 Å². The van der Waals surface area contributed by atoms with Gasteiger partial charge in [-0.1, -0.05) is 18.0 Å². The Morgan fingerprint density at radius 2 is 2.29 bits per heavy atom. The van der Waals surface area contributed by atoms with Gasteiger partial charge in [0.05, 0.1) is 0 Å². The first-order valence-corrected chi connectivity index (χ1v) is 9.21. The van der Waals surface area contributed by atoms with Crippen LogP contribution in [0.25, 0.3) is 0 Å². The van der Waals surface area contributed by atoms with Crippen molar-refractivity contribution < 1.29 is 8.42 Å². The van der Waals surface area contributed by atoms with E-state index in [0.29, 0.717) is 12.6 Å². The normalized spacial score (nSPS) is 20.6. The zero-order valence-electron chi connectivity index (χ0n) is 12.3. The average Bonchev–Trinajstić information content (AvgIpc) is 2.45. The summed E-state index contributed by atoms with van der Waals surface area (Å²) >= 11 is 5.82. The van der Waals surface area contributed by atoms with E-state index in [2.05, 4.69) is 21.5 Å². The first-order valence-electron chi connectivity index (χ1n) is 7.35. The summed E-state index contributed by atoms with van der Waals surface area (Å²) in [6, 6.07) is 3.63. The SMILES string of the molecule is CC1CCCCN1CCCNS(=O)(=O)c1cccnc1Cl. The summed E-state index contributed by atoms with van der Waals surface area (Å²) in [6.45, 7) is 4.68. The Kier molecular flexibility index (Phi) is 5.98. The standard InChI is InChI=1S/C14H22ClN3O2S/c1-12-6-2-3-10-18(12)11-5-9-17-21(19,20)13-7-4-8-16-14(13)15/h4,7-8,12,17H,2-3,5-6,9-11H2,1H3. The fourth-order valence-corrected chi connectivity index (χ4v) is 4.15. The van der Waals surface area contributed by atoms with Gasteiger partial charge in [0.25, 0.3) is 0 Å². The molecule has 1 aliphatic rings. The summed E-state index contributed by atoms with van der Waals surface area (Å²) in [7, 11) is -3.57. The van der Waals surface area contributed by atoms with Crippen molar-refractivity contribution in [3.63, 3.8) is 0 Å². The second-order valence-electron chi connectivity index (χ2n) is 5.42. The lowest BCUT2D eigenvalue weighted by Crippen LogP contribution is -2.39. The molecule has 21 heavy (non-hydrogen) atoms. The molecule has 0 radical (unpaired) electrons. The highest BCUT2D eigenvalue weighted by molar-refractivity contribution is 7.89. The molecule has 1 aromatic heterocycles. The maximum Gasteiger partial charge on any atom is 0.243 e. The predicted octanol–water partition coefficient (Wildman–Crippen LogP) is 2.28. The van der Waals surface area contributed by atoms with Crippen LogP contribution in [0.5, 0.6) is 0 Å². The second-order valence-corrected chi connectivity index (χ2v) is 7.52. The smallest absolute Gasteiger partial charge is 0.243 e. The molecule has 7 heteroatoms. The molecular weight excluding hydrogens is 310 g/mol. The van der Waals surface area contributed by atoms with Crippen LogP contribution in [-0.4, -0.2) is 44.0 Å². The number of likely N-dealkylation sites (tertiary alicyclic amines) is 1. The molecule has 0 bridgehead atoms. The van der Waals surface area contributed by atoms with E-state index in [9.17, 15) is 8.42 Å². The van der Waals surface area contributed by atoms with Crippen LogP contribution in [0.4, 0.5) is 0 Å². The van der Waals surface area contributed by atoms with Gasteiger partial charge in [-0.2, -0.15) is 0 Å². The molecular formula is C14H22ClN3O2S. The number of halogens is 1. The molecule has 0 saturated carbocycles. The minimum atomic E-state index is -3.57. The van der Waals surface area contributed by atoms with Gasteiger partial charge in [0.1, 0.15) is 10.0 Å². The Hall–Kier alpha value is -0.690. The number of pyridine rings is 1. The van der Waals surface area contributed by atoms with Crippen molar-refractivity contribution >= 4 is 21.6 Å². The maximum absolute atomic E-state index is 12.1.